The standard InChI is InChI=1S/C13H14N2O2/c1-2-8-3-4-10-9(6-11(14)13(16)17)7-15-12(10)5-8/h2-5,7,11,15H,1,6,14H2,(H,16,17)/t11-/m0/s1. The van der Waals surface area contributed by atoms with E-state index in [1.165, 1.54) is 0 Å². The summed E-state index contributed by atoms with van der Waals surface area (Å²) in [6.45, 7) is 3.70. The van der Waals surface area contributed by atoms with E-state index in [4.69, 9.17) is 10.8 Å². The first-order valence-corrected chi connectivity index (χ1v) is 5.32. The van der Waals surface area contributed by atoms with Crippen molar-refractivity contribution in [3.63, 3.8) is 0 Å². The van der Waals surface area contributed by atoms with Gasteiger partial charge in [-0.1, -0.05) is 24.8 Å². The van der Waals surface area contributed by atoms with E-state index >= 15 is 0 Å². The van der Waals surface area contributed by atoms with Crippen LogP contribution in [0.15, 0.2) is 31.0 Å². The number of hydrogen-bond acceptors (Lipinski definition) is 2. The quantitative estimate of drug-likeness (QED) is 0.748. The van der Waals surface area contributed by atoms with Crippen molar-refractivity contribution in [3.05, 3.63) is 42.1 Å². The molecule has 0 fully saturated rings. The summed E-state index contributed by atoms with van der Waals surface area (Å²) in [6.07, 6.45) is 3.89. The minimum atomic E-state index is -0.984. The highest BCUT2D eigenvalue weighted by atomic mass is 16.4. The monoisotopic (exact) mass is 230 g/mol. The van der Waals surface area contributed by atoms with Crippen molar-refractivity contribution < 1.29 is 9.90 Å². The first-order valence-electron chi connectivity index (χ1n) is 5.32. The number of aliphatic carboxylic acids is 1. The molecule has 0 amide bonds. The second-order valence-corrected chi connectivity index (χ2v) is 3.97. The zero-order chi connectivity index (χ0) is 12.4. The number of H-pyrrole nitrogens is 1. The number of fused-ring (bicyclic) bond motifs is 1. The second kappa shape index (κ2) is 4.43. The summed E-state index contributed by atoms with van der Waals surface area (Å²) in [5, 5.41) is 9.79. The van der Waals surface area contributed by atoms with E-state index in [-0.39, 0.29) is 0 Å². The molecule has 0 saturated carbocycles. The summed E-state index contributed by atoms with van der Waals surface area (Å²) in [5.41, 5.74) is 8.44. The average molecular weight is 230 g/mol. The van der Waals surface area contributed by atoms with E-state index in [2.05, 4.69) is 11.6 Å². The van der Waals surface area contributed by atoms with Crippen molar-refractivity contribution >= 4 is 22.9 Å². The Morgan fingerprint density at radius 1 is 1.59 bits per heavy atom. The summed E-state index contributed by atoms with van der Waals surface area (Å²) in [6, 6.07) is 5.00. The van der Waals surface area contributed by atoms with Crippen LogP contribution in [0, 0.1) is 0 Å². The van der Waals surface area contributed by atoms with Gasteiger partial charge in [0.25, 0.3) is 0 Å². The number of carboxylic acid groups (broad SMARTS) is 1. The minimum Gasteiger partial charge on any atom is -0.480 e. The molecule has 4 heteroatoms. The summed E-state index contributed by atoms with van der Waals surface area (Å²) >= 11 is 0. The highest BCUT2D eigenvalue weighted by Crippen LogP contribution is 2.21. The van der Waals surface area contributed by atoms with Gasteiger partial charge in [-0.2, -0.15) is 0 Å². The predicted octanol–water partition coefficient (Wildman–Crippen LogP) is 1.77. The Hall–Kier alpha value is -2.07. The third-order valence-corrected chi connectivity index (χ3v) is 2.78. The zero-order valence-corrected chi connectivity index (χ0v) is 9.31. The molecule has 1 heterocycles. The number of carbonyl (C=O) groups is 1. The number of benzene rings is 1. The van der Waals surface area contributed by atoms with Crippen LogP contribution in [-0.4, -0.2) is 22.1 Å². The molecule has 17 heavy (non-hydrogen) atoms. The van der Waals surface area contributed by atoms with Gasteiger partial charge in [-0.15, -0.1) is 0 Å². The smallest absolute Gasteiger partial charge is 0.320 e. The van der Waals surface area contributed by atoms with Crippen LogP contribution in [0.25, 0.3) is 17.0 Å². The van der Waals surface area contributed by atoms with E-state index in [1.54, 1.807) is 12.3 Å². The molecule has 1 aromatic carbocycles. The molecule has 0 unspecified atom stereocenters. The Morgan fingerprint density at radius 2 is 2.35 bits per heavy atom. The highest BCUT2D eigenvalue weighted by Gasteiger charge is 2.14. The molecule has 2 rings (SSSR count). The summed E-state index contributed by atoms with van der Waals surface area (Å²) in [5.74, 6) is -0.984. The molecule has 0 spiro atoms. The van der Waals surface area contributed by atoms with Gasteiger partial charge in [0.15, 0.2) is 0 Å². The molecule has 4 N–H and O–H groups in total. The van der Waals surface area contributed by atoms with Crippen LogP contribution in [0.3, 0.4) is 0 Å². The molecule has 0 radical (unpaired) electrons. The van der Waals surface area contributed by atoms with E-state index in [0.717, 1.165) is 22.0 Å². The minimum absolute atomic E-state index is 0.322. The van der Waals surface area contributed by atoms with Gasteiger partial charge in [-0.05, 0) is 17.2 Å². The third kappa shape index (κ3) is 2.21. The zero-order valence-electron chi connectivity index (χ0n) is 9.31. The predicted molar refractivity (Wildman–Crippen MR) is 67.7 cm³/mol. The lowest BCUT2D eigenvalue weighted by Crippen LogP contribution is -2.32. The molecule has 0 saturated heterocycles. The Balaban J connectivity index is 2.36. The molecule has 88 valence electrons. The fraction of sp³-hybridized carbons (Fsp3) is 0.154. The number of aromatic nitrogens is 1. The van der Waals surface area contributed by atoms with E-state index in [1.807, 2.05) is 18.2 Å². The van der Waals surface area contributed by atoms with Gasteiger partial charge in [0.1, 0.15) is 6.04 Å². The van der Waals surface area contributed by atoms with Crippen molar-refractivity contribution in [2.24, 2.45) is 5.73 Å². The average Bonchev–Trinajstić information content (AvgIpc) is 2.71. The maximum Gasteiger partial charge on any atom is 0.320 e. The lowest BCUT2D eigenvalue weighted by molar-refractivity contribution is -0.138. The number of nitrogens with one attached hydrogen (secondary N) is 1. The first kappa shape index (κ1) is 11.4. The fourth-order valence-corrected chi connectivity index (χ4v) is 1.82. The Bertz CT molecular complexity index is 572. The van der Waals surface area contributed by atoms with Gasteiger partial charge in [0, 0.05) is 23.5 Å². The molecular weight excluding hydrogens is 216 g/mol. The van der Waals surface area contributed by atoms with Gasteiger partial charge in [-0.25, -0.2) is 0 Å². The third-order valence-electron chi connectivity index (χ3n) is 2.78. The highest BCUT2D eigenvalue weighted by molar-refractivity contribution is 5.86. The van der Waals surface area contributed by atoms with Crippen molar-refractivity contribution in [1.82, 2.24) is 4.98 Å². The van der Waals surface area contributed by atoms with Gasteiger partial charge in [0.05, 0.1) is 0 Å². The number of carboxylic acids is 1. The topological polar surface area (TPSA) is 79.1 Å². The van der Waals surface area contributed by atoms with Gasteiger partial charge in [0.2, 0.25) is 0 Å². The number of hydrogen-bond donors (Lipinski definition) is 3. The van der Waals surface area contributed by atoms with Crippen molar-refractivity contribution in [2.75, 3.05) is 0 Å². The molecular formula is C13H14N2O2. The number of aromatic amines is 1. The van der Waals surface area contributed by atoms with E-state index in [9.17, 15) is 4.79 Å². The van der Waals surface area contributed by atoms with Crippen LogP contribution in [0.5, 0.6) is 0 Å². The molecule has 4 nitrogen and oxygen atoms in total. The fourth-order valence-electron chi connectivity index (χ4n) is 1.82. The Kier molecular flexibility index (Phi) is 2.97. The molecule has 0 aliphatic carbocycles. The van der Waals surface area contributed by atoms with E-state index in [0.29, 0.717) is 6.42 Å². The lowest BCUT2D eigenvalue weighted by atomic mass is 10.0. The maximum atomic E-state index is 10.7. The number of nitrogens with two attached hydrogens (primary N) is 1. The summed E-state index contributed by atoms with van der Waals surface area (Å²) in [7, 11) is 0. The van der Waals surface area contributed by atoms with Crippen LogP contribution >= 0.6 is 0 Å². The van der Waals surface area contributed by atoms with Crippen LogP contribution in [-0.2, 0) is 11.2 Å². The maximum absolute atomic E-state index is 10.7. The van der Waals surface area contributed by atoms with Crippen molar-refractivity contribution in [3.8, 4) is 0 Å². The van der Waals surface area contributed by atoms with Crippen LogP contribution in [0.4, 0.5) is 0 Å². The molecule has 1 aromatic heterocycles. The SMILES string of the molecule is C=Cc1ccc2c(C[C@H](N)C(=O)O)c[nH]c2c1. The van der Waals surface area contributed by atoms with Gasteiger partial charge >= 0.3 is 5.97 Å². The van der Waals surface area contributed by atoms with Gasteiger partial charge in [-0.3, -0.25) is 4.79 Å². The normalized spacial score (nSPS) is 12.5. The molecule has 2 aromatic rings. The van der Waals surface area contributed by atoms with Crippen LogP contribution < -0.4 is 5.73 Å². The Labute approximate surface area is 98.8 Å². The van der Waals surface area contributed by atoms with Crippen LogP contribution in [0.1, 0.15) is 11.1 Å². The Morgan fingerprint density at radius 3 is 3.00 bits per heavy atom. The lowest BCUT2D eigenvalue weighted by Gasteiger charge is -2.04. The van der Waals surface area contributed by atoms with Crippen LogP contribution in [0.2, 0.25) is 0 Å². The number of rotatable bonds is 4. The molecule has 0 aliphatic heterocycles. The van der Waals surface area contributed by atoms with Crippen molar-refractivity contribution in [1.29, 1.82) is 0 Å². The second-order valence-electron chi connectivity index (χ2n) is 3.97. The summed E-state index contributed by atoms with van der Waals surface area (Å²) in [4.78, 5) is 13.8. The van der Waals surface area contributed by atoms with E-state index < -0.39 is 12.0 Å². The first-order chi connectivity index (χ1) is 8.11. The summed E-state index contributed by atoms with van der Waals surface area (Å²) < 4.78 is 0. The molecule has 0 bridgehead atoms. The van der Waals surface area contributed by atoms with Crippen molar-refractivity contribution in [2.45, 2.75) is 12.5 Å². The largest absolute Gasteiger partial charge is 0.480 e. The molecule has 1 atom stereocenters. The van der Waals surface area contributed by atoms with Gasteiger partial charge < -0.3 is 15.8 Å². The molecule has 0 aliphatic rings.